The standard InChI is InChI=1S/C29H37FN4O3/c1-6-7-8-12-27(31-22(3)23-13-14-26(30)21(2)17-23)32(4)19-28(35)33-15-16-34(29(36)20-33)24-10-9-11-25(18-24)37-5/h9-11,13-14,17-18H,3,6-8,12,15-16,19-20H2,1-2,4-5H3. The SMILES string of the molecule is C=C(N=C(CCCCC)N(C)CC(=O)N1CCN(c2cccc(OC)c2)C(=O)C1)c1ccc(F)c(C)c1. The molecular formula is C29H37FN4O3. The average Bonchev–Trinajstić information content (AvgIpc) is 2.89. The van der Waals surface area contributed by atoms with Crippen molar-refractivity contribution in [3.8, 4) is 5.75 Å². The number of carbonyl (C=O) groups is 2. The highest BCUT2D eigenvalue weighted by atomic mass is 19.1. The average molecular weight is 509 g/mol. The Morgan fingerprint density at radius 2 is 1.97 bits per heavy atom. The van der Waals surface area contributed by atoms with E-state index in [9.17, 15) is 14.0 Å². The van der Waals surface area contributed by atoms with Gasteiger partial charge in [0.1, 0.15) is 23.9 Å². The summed E-state index contributed by atoms with van der Waals surface area (Å²) in [5.74, 6) is 0.889. The number of benzene rings is 2. The first-order valence-corrected chi connectivity index (χ1v) is 12.7. The van der Waals surface area contributed by atoms with Crippen molar-refractivity contribution in [2.75, 3.05) is 45.2 Å². The highest BCUT2D eigenvalue weighted by molar-refractivity contribution is 5.99. The Kier molecular flexibility index (Phi) is 9.83. The van der Waals surface area contributed by atoms with Crippen LogP contribution in [0.2, 0.25) is 0 Å². The lowest BCUT2D eigenvalue weighted by Gasteiger charge is -2.35. The maximum atomic E-state index is 13.7. The number of aryl methyl sites for hydroxylation is 1. The van der Waals surface area contributed by atoms with Gasteiger partial charge in [-0.2, -0.15) is 0 Å². The predicted molar refractivity (Wildman–Crippen MR) is 146 cm³/mol. The number of hydrogen-bond donors (Lipinski definition) is 0. The van der Waals surface area contributed by atoms with Gasteiger partial charge in [-0.3, -0.25) is 9.59 Å². The number of amides is 2. The molecule has 1 saturated heterocycles. The van der Waals surface area contributed by atoms with Gasteiger partial charge in [0.05, 0.1) is 19.4 Å². The zero-order valence-electron chi connectivity index (χ0n) is 22.3. The van der Waals surface area contributed by atoms with Crippen molar-refractivity contribution in [2.45, 2.75) is 39.5 Å². The molecule has 198 valence electrons. The maximum absolute atomic E-state index is 13.7. The van der Waals surface area contributed by atoms with Crippen LogP contribution >= 0.6 is 0 Å². The Hall–Kier alpha value is -3.68. The van der Waals surface area contributed by atoms with Gasteiger partial charge in [-0.15, -0.1) is 0 Å². The van der Waals surface area contributed by atoms with Crippen LogP contribution in [0.5, 0.6) is 5.75 Å². The molecular weight excluding hydrogens is 471 g/mol. The molecule has 7 nitrogen and oxygen atoms in total. The highest BCUT2D eigenvalue weighted by Gasteiger charge is 2.29. The lowest BCUT2D eigenvalue weighted by molar-refractivity contribution is -0.137. The summed E-state index contributed by atoms with van der Waals surface area (Å²) >= 11 is 0. The fourth-order valence-electron chi connectivity index (χ4n) is 4.24. The molecule has 1 aliphatic heterocycles. The molecule has 0 atom stereocenters. The number of methoxy groups -OCH3 is 1. The Bertz CT molecular complexity index is 1160. The monoisotopic (exact) mass is 508 g/mol. The largest absolute Gasteiger partial charge is 0.497 e. The lowest BCUT2D eigenvalue weighted by Crippen LogP contribution is -2.54. The van der Waals surface area contributed by atoms with E-state index in [4.69, 9.17) is 9.73 Å². The second-order valence-electron chi connectivity index (χ2n) is 9.31. The minimum atomic E-state index is -0.271. The van der Waals surface area contributed by atoms with Crippen LogP contribution in [0.3, 0.4) is 0 Å². The molecule has 8 heteroatoms. The third kappa shape index (κ3) is 7.41. The number of rotatable bonds is 10. The number of carbonyl (C=O) groups excluding carboxylic acids is 2. The van der Waals surface area contributed by atoms with Gasteiger partial charge >= 0.3 is 0 Å². The maximum Gasteiger partial charge on any atom is 0.246 e. The summed E-state index contributed by atoms with van der Waals surface area (Å²) in [6, 6.07) is 12.2. The number of hydrogen-bond acceptors (Lipinski definition) is 4. The van der Waals surface area contributed by atoms with Crippen molar-refractivity contribution >= 4 is 29.0 Å². The van der Waals surface area contributed by atoms with Crippen LogP contribution in [0.1, 0.15) is 43.7 Å². The van der Waals surface area contributed by atoms with E-state index in [-0.39, 0.29) is 30.7 Å². The van der Waals surface area contributed by atoms with Crippen LogP contribution in [-0.4, -0.2) is 67.8 Å². The van der Waals surface area contributed by atoms with Crippen LogP contribution in [0.15, 0.2) is 54.0 Å². The highest BCUT2D eigenvalue weighted by Crippen LogP contribution is 2.23. The minimum Gasteiger partial charge on any atom is -0.497 e. The van der Waals surface area contributed by atoms with Gasteiger partial charge in [-0.1, -0.05) is 32.4 Å². The number of halogens is 1. The summed E-state index contributed by atoms with van der Waals surface area (Å²) in [4.78, 5) is 35.9. The van der Waals surface area contributed by atoms with Gasteiger partial charge in [0.25, 0.3) is 0 Å². The van der Waals surface area contributed by atoms with Crippen LogP contribution < -0.4 is 9.64 Å². The molecule has 0 saturated carbocycles. The first kappa shape index (κ1) is 27.9. The summed E-state index contributed by atoms with van der Waals surface area (Å²) in [6.07, 6.45) is 3.73. The van der Waals surface area contributed by atoms with E-state index in [0.717, 1.165) is 36.3 Å². The minimum absolute atomic E-state index is 0.0216. The molecule has 0 radical (unpaired) electrons. The summed E-state index contributed by atoms with van der Waals surface area (Å²) in [6.45, 7) is 8.91. The Morgan fingerprint density at radius 1 is 1.19 bits per heavy atom. The molecule has 0 aromatic heterocycles. The van der Waals surface area contributed by atoms with E-state index in [0.29, 0.717) is 36.5 Å². The molecule has 2 amide bonds. The van der Waals surface area contributed by atoms with Crippen molar-refractivity contribution in [3.05, 3.63) is 66.0 Å². The van der Waals surface area contributed by atoms with E-state index in [1.165, 1.54) is 6.07 Å². The molecule has 0 bridgehead atoms. The molecule has 2 aromatic rings. The number of amidine groups is 1. The number of ether oxygens (including phenoxy) is 1. The quantitative estimate of drug-likeness (QED) is 0.260. The summed E-state index contributed by atoms with van der Waals surface area (Å²) in [5.41, 5.74) is 2.55. The number of aliphatic imine (C=N–C) groups is 1. The van der Waals surface area contributed by atoms with E-state index in [1.807, 2.05) is 36.2 Å². The van der Waals surface area contributed by atoms with Gasteiger partial charge in [0.2, 0.25) is 11.8 Å². The first-order valence-electron chi connectivity index (χ1n) is 12.7. The molecule has 1 aliphatic rings. The summed E-state index contributed by atoms with van der Waals surface area (Å²) in [7, 11) is 3.42. The molecule has 2 aromatic carbocycles. The second kappa shape index (κ2) is 13.0. The van der Waals surface area contributed by atoms with Gasteiger partial charge in [-0.25, -0.2) is 9.38 Å². The molecule has 37 heavy (non-hydrogen) atoms. The van der Waals surface area contributed by atoms with Crippen molar-refractivity contribution < 1.29 is 18.7 Å². The third-order valence-electron chi connectivity index (χ3n) is 6.51. The van der Waals surface area contributed by atoms with Crippen LogP contribution in [-0.2, 0) is 9.59 Å². The molecule has 0 spiro atoms. The van der Waals surface area contributed by atoms with Gasteiger partial charge in [0, 0.05) is 43.9 Å². The Labute approximate surface area is 219 Å². The smallest absolute Gasteiger partial charge is 0.246 e. The lowest BCUT2D eigenvalue weighted by atomic mass is 10.1. The van der Waals surface area contributed by atoms with Gasteiger partial charge < -0.3 is 19.4 Å². The van der Waals surface area contributed by atoms with Crippen LogP contribution in [0.25, 0.3) is 5.70 Å². The zero-order chi connectivity index (χ0) is 26.9. The second-order valence-corrected chi connectivity index (χ2v) is 9.31. The number of nitrogens with zero attached hydrogens (tertiary/aromatic N) is 4. The van der Waals surface area contributed by atoms with E-state index in [1.54, 1.807) is 36.0 Å². The van der Waals surface area contributed by atoms with Gasteiger partial charge in [0.15, 0.2) is 0 Å². The van der Waals surface area contributed by atoms with E-state index >= 15 is 0 Å². The fraction of sp³-hybridized carbons (Fsp3) is 0.414. The van der Waals surface area contributed by atoms with Crippen molar-refractivity contribution in [3.63, 3.8) is 0 Å². The number of likely N-dealkylation sites (N-methyl/N-ethyl adjacent to an activating group) is 1. The molecule has 1 fully saturated rings. The Morgan fingerprint density at radius 3 is 2.65 bits per heavy atom. The van der Waals surface area contributed by atoms with E-state index in [2.05, 4.69) is 13.5 Å². The van der Waals surface area contributed by atoms with Crippen LogP contribution in [0, 0.1) is 12.7 Å². The van der Waals surface area contributed by atoms with Crippen molar-refractivity contribution in [1.82, 2.24) is 9.80 Å². The molecule has 3 rings (SSSR count). The zero-order valence-corrected chi connectivity index (χ0v) is 22.3. The van der Waals surface area contributed by atoms with Crippen molar-refractivity contribution in [1.29, 1.82) is 0 Å². The third-order valence-corrected chi connectivity index (χ3v) is 6.51. The molecule has 0 aliphatic carbocycles. The van der Waals surface area contributed by atoms with E-state index < -0.39 is 0 Å². The number of piperazine rings is 1. The molecule has 1 heterocycles. The molecule has 0 N–H and O–H groups in total. The number of unbranched alkanes of at least 4 members (excludes halogenated alkanes) is 2. The topological polar surface area (TPSA) is 65.5 Å². The van der Waals surface area contributed by atoms with Crippen molar-refractivity contribution in [2.24, 2.45) is 4.99 Å². The summed E-state index contributed by atoms with van der Waals surface area (Å²) in [5, 5.41) is 0. The fourth-order valence-corrected chi connectivity index (χ4v) is 4.24. The molecule has 0 unspecified atom stereocenters. The normalized spacial score (nSPS) is 14.1. The summed E-state index contributed by atoms with van der Waals surface area (Å²) < 4.78 is 19.0. The van der Waals surface area contributed by atoms with Gasteiger partial charge in [-0.05, 0) is 49.2 Å². The predicted octanol–water partition coefficient (Wildman–Crippen LogP) is 4.90. The number of anilines is 1. The Balaban J connectivity index is 1.67. The first-order chi connectivity index (χ1) is 17.7. The van der Waals surface area contributed by atoms with Crippen LogP contribution in [0.4, 0.5) is 10.1 Å².